The molecule has 2 nitrogen and oxygen atoms in total. The highest BCUT2D eigenvalue weighted by molar-refractivity contribution is 6.23. The van der Waals surface area contributed by atoms with E-state index in [1.807, 2.05) is 53.1 Å². The molecule has 2 aliphatic rings. The van der Waals surface area contributed by atoms with Gasteiger partial charge in [0, 0.05) is 16.5 Å². The number of hydrogen-bond donors (Lipinski definition) is 0. The summed E-state index contributed by atoms with van der Waals surface area (Å²) in [7, 11) is 0. The Hall–Kier alpha value is -7.81. The van der Waals surface area contributed by atoms with Crippen LogP contribution in [0.25, 0.3) is 93.4 Å². The molecular weight excluding hydrogens is 727 g/mol. The van der Waals surface area contributed by atoms with Gasteiger partial charge in [-0.1, -0.05) is 182 Å². The Kier molecular flexibility index (Phi) is 6.83. The normalized spacial score (nSPS) is 13.2. The van der Waals surface area contributed by atoms with Gasteiger partial charge >= 0.3 is 0 Å². The minimum Gasteiger partial charge on any atom is -0.276 e. The third-order valence-electron chi connectivity index (χ3n) is 13.4. The molecule has 10 aromatic carbocycles. The van der Waals surface area contributed by atoms with Crippen molar-refractivity contribution in [3.05, 3.63) is 245 Å². The summed E-state index contributed by atoms with van der Waals surface area (Å²) in [5.74, 6) is 0. The first-order chi connectivity index (χ1) is 29.7. The van der Waals surface area contributed by atoms with Crippen molar-refractivity contribution in [2.45, 2.75) is 5.41 Å². The van der Waals surface area contributed by atoms with Gasteiger partial charge in [-0.05, 0) is 124 Å². The number of hydrogen-bond acceptors (Lipinski definition) is 1. The van der Waals surface area contributed by atoms with Gasteiger partial charge in [0.15, 0.2) is 0 Å². The van der Waals surface area contributed by atoms with Crippen molar-refractivity contribution in [2.24, 2.45) is 0 Å². The molecule has 0 unspecified atom stereocenters. The Morgan fingerprint density at radius 2 is 0.783 bits per heavy atom. The lowest BCUT2D eigenvalue weighted by Gasteiger charge is -2.30. The van der Waals surface area contributed by atoms with E-state index in [0.717, 1.165) is 27.5 Å². The predicted molar refractivity (Wildman–Crippen MR) is 249 cm³/mol. The summed E-state index contributed by atoms with van der Waals surface area (Å²) < 4.78 is 1.86. The van der Waals surface area contributed by atoms with Crippen LogP contribution >= 0.6 is 0 Å². The largest absolute Gasteiger partial charge is 0.276 e. The highest BCUT2D eigenvalue weighted by Crippen LogP contribution is 2.64. The molecule has 13 rings (SSSR count). The number of para-hydroxylation sites is 1. The van der Waals surface area contributed by atoms with Crippen molar-refractivity contribution in [2.75, 3.05) is 0 Å². The zero-order chi connectivity index (χ0) is 39.5. The molecule has 0 saturated carbocycles. The Morgan fingerprint density at radius 1 is 0.317 bits per heavy atom. The number of nitrogens with zero attached hydrogens (tertiary/aromatic N) is 1. The molecule has 11 aromatic rings. The van der Waals surface area contributed by atoms with E-state index in [-0.39, 0.29) is 5.56 Å². The molecule has 0 bridgehead atoms. The third-order valence-corrected chi connectivity index (χ3v) is 13.4. The van der Waals surface area contributed by atoms with Gasteiger partial charge < -0.3 is 0 Å². The van der Waals surface area contributed by atoms with Crippen molar-refractivity contribution in [3.63, 3.8) is 0 Å². The molecule has 0 radical (unpaired) electrons. The zero-order valence-corrected chi connectivity index (χ0v) is 32.6. The predicted octanol–water partition coefficient (Wildman–Crippen LogP) is 14.1. The van der Waals surface area contributed by atoms with Crippen molar-refractivity contribution in [1.82, 2.24) is 4.57 Å². The second-order valence-corrected chi connectivity index (χ2v) is 16.2. The van der Waals surface area contributed by atoms with Gasteiger partial charge in [0.2, 0.25) is 0 Å². The minimum atomic E-state index is -0.422. The maximum atomic E-state index is 14.1. The number of benzene rings is 10. The fourth-order valence-corrected chi connectivity index (χ4v) is 11.2. The monoisotopic (exact) mass is 761 g/mol. The van der Waals surface area contributed by atoms with E-state index < -0.39 is 5.41 Å². The summed E-state index contributed by atoms with van der Waals surface area (Å²) in [5.41, 5.74) is 16.7. The molecule has 278 valence electrons. The molecule has 0 fully saturated rings. The van der Waals surface area contributed by atoms with E-state index in [2.05, 4.69) is 164 Å². The topological polar surface area (TPSA) is 22.0 Å². The number of pyridine rings is 1. The fraction of sp³-hybridized carbons (Fsp3) is 0.0172. The van der Waals surface area contributed by atoms with Crippen LogP contribution in [0.1, 0.15) is 22.3 Å². The maximum absolute atomic E-state index is 14.1. The summed E-state index contributed by atoms with van der Waals surface area (Å²) in [6.07, 6.45) is 0. The van der Waals surface area contributed by atoms with Crippen molar-refractivity contribution in [1.29, 1.82) is 0 Å². The molecule has 2 aliphatic carbocycles. The first-order valence-electron chi connectivity index (χ1n) is 20.7. The van der Waals surface area contributed by atoms with E-state index in [1.54, 1.807) is 0 Å². The molecule has 0 atom stereocenters. The zero-order valence-electron chi connectivity index (χ0n) is 32.6. The average molecular weight is 762 g/mol. The van der Waals surface area contributed by atoms with Crippen molar-refractivity contribution >= 4 is 43.2 Å². The molecule has 0 N–H and O–H groups in total. The first-order valence-corrected chi connectivity index (χ1v) is 20.7. The van der Waals surface area contributed by atoms with Crippen LogP contribution in [0.4, 0.5) is 0 Å². The van der Waals surface area contributed by atoms with Gasteiger partial charge in [0.25, 0.3) is 5.56 Å². The molecular formula is C58H35NO. The molecule has 2 heteroatoms. The molecule has 0 saturated heterocycles. The molecule has 1 aromatic heterocycles. The quantitative estimate of drug-likeness (QED) is 0.130. The third kappa shape index (κ3) is 4.24. The lowest BCUT2D eigenvalue weighted by atomic mass is 9.70. The highest BCUT2D eigenvalue weighted by Gasteiger charge is 2.52. The highest BCUT2D eigenvalue weighted by atomic mass is 16.1. The van der Waals surface area contributed by atoms with Crippen LogP contribution in [-0.4, -0.2) is 4.57 Å². The van der Waals surface area contributed by atoms with Crippen molar-refractivity contribution in [3.8, 4) is 50.2 Å². The van der Waals surface area contributed by atoms with Gasteiger partial charge in [-0.25, -0.2) is 0 Å². The van der Waals surface area contributed by atoms with Crippen LogP contribution in [-0.2, 0) is 5.41 Å². The second-order valence-electron chi connectivity index (χ2n) is 16.2. The standard InChI is InChI=1S/C58H35NO/c60-57-45-26-9-4-19-38(45)48-35-36(33-34-53(48)59(57)37-17-2-1-3-18-37)54-41-22-5-7-24-43(41)55(44-25-8-6-23-42(44)54)47-28-16-32-52-56(47)46-27-12-15-31-51(46)58(52)49-29-13-10-20-39(49)40-21-11-14-30-50(40)58/h1-35H. The van der Waals surface area contributed by atoms with Gasteiger partial charge in [-0.15, -0.1) is 0 Å². The second kappa shape index (κ2) is 12.3. The van der Waals surface area contributed by atoms with E-state index in [0.29, 0.717) is 5.39 Å². The lowest BCUT2D eigenvalue weighted by Crippen LogP contribution is -2.25. The van der Waals surface area contributed by atoms with E-state index in [9.17, 15) is 4.79 Å². The summed E-state index contributed by atoms with van der Waals surface area (Å²) in [6.45, 7) is 0. The average Bonchev–Trinajstić information content (AvgIpc) is 3.79. The molecule has 60 heavy (non-hydrogen) atoms. The van der Waals surface area contributed by atoms with Crippen LogP contribution in [0.2, 0.25) is 0 Å². The molecule has 1 heterocycles. The summed E-state index contributed by atoms with van der Waals surface area (Å²) >= 11 is 0. The van der Waals surface area contributed by atoms with Gasteiger partial charge in [0.1, 0.15) is 0 Å². The summed E-state index contributed by atoms with van der Waals surface area (Å²) in [4.78, 5) is 14.1. The number of rotatable bonds is 3. The van der Waals surface area contributed by atoms with Crippen molar-refractivity contribution < 1.29 is 0 Å². The van der Waals surface area contributed by atoms with Gasteiger partial charge in [-0.3, -0.25) is 9.36 Å². The maximum Gasteiger partial charge on any atom is 0.263 e. The van der Waals surface area contributed by atoms with Gasteiger partial charge in [-0.2, -0.15) is 0 Å². The van der Waals surface area contributed by atoms with Crippen LogP contribution in [0.3, 0.4) is 0 Å². The number of fused-ring (bicyclic) bond motifs is 15. The Labute approximate surface area is 346 Å². The summed E-state index contributed by atoms with van der Waals surface area (Å²) in [5, 5.41) is 7.53. The molecule has 0 amide bonds. The van der Waals surface area contributed by atoms with Gasteiger partial charge in [0.05, 0.1) is 10.9 Å². The van der Waals surface area contributed by atoms with Crippen LogP contribution in [0, 0.1) is 0 Å². The molecule has 1 spiro atoms. The first kappa shape index (κ1) is 33.2. The Balaban J connectivity index is 1.12. The fourth-order valence-electron chi connectivity index (χ4n) is 11.2. The number of aromatic nitrogens is 1. The van der Waals surface area contributed by atoms with Crippen LogP contribution < -0.4 is 5.56 Å². The van der Waals surface area contributed by atoms with E-state index >= 15 is 0 Å². The Bertz CT molecular complexity index is 3580. The van der Waals surface area contributed by atoms with E-state index in [4.69, 9.17) is 0 Å². The lowest BCUT2D eigenvalue weighted by molar-refractivity contribution is 0.794. The minimum absolute atomic E-state index is 0.0133. The smallest absolute Gasteiger partial charge is 0.263 e. The van der Waals surface area contributed by atoms with Crippen LogP contribution in [0.5, 0.6) is 0 Å². The van der Waals surface area contributed by atoms with E-state index in [1.165, 1.54) is 82.7 Å². The summed E-state index contributed by atoms with van der Waals surface area (Å²) in [6, 6.07) is 76.7. The van der Waals surface area contributed by atoms with Crippen LogP contribution in [0.15, 0.2) is 217 Å². The SMILES string of the molecule is O=c1c2ccccc2c2cc(-c3c4ccccc4c(-c4cccc5c4-c4ccccc4C54c5ccccc5-c5ccccc54)c4ccccc34)ccc2n1-c1ccccc1. The molecule has 0 aliphatic heterocycles. The Morgan fingerprint density at radius 3 is 1.42 bits per heavy atom.